The fourth-order valence-electron chi connectivity index (χ4n) is 2.48. The molecule has 0 heterocycles. The summed E-state index contributed by atoms with van der Waals surface area (Å²) in [6.45, 7) is 5.14. The van der Waals surface area contributed by atoms with E-state index in [0.717, 1.165) is 0 Å². The minimum atomic E-state index is -1.10. The molecule has 0 fully saturated rings. The molecule has 0 spiro atoms. The van der Waals surface area contributed by atoms with Crippen LogP contribution in [0.25, 0.3) is 0 Å². The van der Waals surface area contributed by atoms with Crippen LogP contribution in [0.3, 0.4) is 0 Å². The number of carbonyl (C=O) groups excluding carboxylic acids is 2. The van der Waals surface area contributed by atoms with Gasteiger partial charge >= 0.3 is 5.97 Å². The number of nitrogens with one attached hydrogen (secondary N) is 2. The van der Waals surface area contributed by atoms with E-state index in [-0.39, 0.29) is 24.2 Å². The minimum Gasteiger partial charge on any atom is -0.480 e. The Morgan fingerprint density at radius 1 is 1.15 bits per heavy atom. The maximum Gasteiger partial charge on any atom is 0.326 e. The SMILES string of the molecule is CC(C)C[C@H](NC(=O)CNC(=O)C(C)CCc1ccccc1F)C(=O)O. The molecule has 7 heteroatoms. The Balaban J connectivity index is 2.40. The molecular formula is C19H27FN2O4. The van der Waals surface area contributed by atoms with E-state index in [1.54, 1.807) is 25.1 Å². The van der Waals surface area contributed by atoms with Crippen LogP contribution in [-0.2, 0) is 20.8 Å². The van der Waals surface area contributed by atoms with Crippen molar-refractivity contribution in [3.05, 3.63) is 35.6 Å². The summed E-state index contributed by atoms with van der Waals surface area (Å²) < 4.78 is 13.6. The van der Waals surface area contributed by atoms with Gasteiger partial charge in [0, 0.05) is 5.92 Å². The zero-order valence-electron chi connectivity index (χ0n) is 15.4. The maximum atomic E-state index is 13.6. The van der Waals surface area contributed by atoms with Gasteiger partial charge in [-0.05, 0) is 36.8 Å². The van der Waals surface area contributed by atoms with Gasteiger partial charge in [-0.25, -0.2) is 9.18 Å². The number of carboxylic acid groups (broad SMARTS) is 1. The molecule has 144 valence electrons. The van der Waals surface area contributed by atoms with E-state index < -0.39 is 23.8 Å². The average molecular weight is 366 g/mol. The largest absolute Gasteiger partial charge is 0.480 e. The van der Waals surface area contributed by atoms with Gasteiger partial charge in [-0.1, -0.05) is 39.0 Å². The van der Waals surface area contributed by atoms with E-state index in [1.165, 1.54) is 6.07 Å². The molecule has 0 aliphatic carbocycles. The molecule has 1 aromatic carbocycles. The number of rotatable bonds is 10. The molecule has 0 saturated heterocycles. The van der Waals surface area contributed by atoms with Gasteiger partial charge in [0.25, 0.3) is 0 Å². The highest BCUT2D eigenvalue weighted by atomic mass is 19.1. The van der Waals surface area contributed by atoms with Gasteiger partial charge in [0.15, 0.2) is 0 Å². The van der Waals surface area contributed by atoms with E-state index in [4.69, 9.17) is 5.11 Å². The lowest BCUT2D eigenvalue weighted by Crippen LogP contribution is -2.46. The van der Waals surface area contributed by atoms with Crippen molar-refractivity contribution in [1.29, 1.82) is 0 Å². The standard InChI is InChI=1S/C19H27FN2O4/c1-12(2)10-16(19(25)26)22-17(23)11-21-18(24)13(3)8-9-14-6-4-5-7-15(14)20/h4-7,12-13,16H,8-11H2,1-3H3,(H,21,24)(H,22,23)(H,25,26)/t13?,16-/m0/s1. The average Bonchev–Trinajstić information content (AvgIpc) is 2.57. The molecule has 0 aliphatic rings. The first-order chi connectivity index (χ1) is 12.2. The van der Waals surface area contributed by atoms with Crippen LogP contribution in [0.2, 0.25) is 0 Å². The lowest BCUT2D eigenvalue weighted by Gasteiger charge is -2.17. The van der Waals surface area contributed by atoms with E-state index in [2.05, 4.69) is 10.6 Å². The predicted molar refractivity (Wildman–Crippen MR) is 95.9 cm³/mol. The van der Waals surface area contributed by atoms with Gasteiger partial charge in [0.2, 0.25) is 11.8 Å². The van der Waals surface area contributed by atoms with Crippen molar-refractivity contribution >= 4 is 17.8 Å². The molecule has 0 bridgehead atoms. The number of hydrogen-bond acceptors (Lipinski definition) is 3. The molecular weight excluding hydrogens is 339 g/mol. The quantitative estimate of drug-likeness (QED) is 0.591. The molecule has 1 unspecified atom stereocenters. The molecule has 0 saturated carbocycles. The number of carboxylic acids is 1. The summed E-state index contributed by atoms with van der Waals surface area (Å²) in [6, 6.07) is 5.42. The molecule has 0 aromatic heterocycles. The number of carbonyl (C=O) groups is 3. The fourth-order valence-corrected chi connectivity index (χ4v) is 2.48. The Morgan fingerprint density at radius 3 is 2.38 bits per heavy atom. The highest BCUT2D eigenvalue weighted by Gasteiger charge is 2.21. The first-order valence-corrected chi connectivity index (χ1v) is 8.74. The van der Waals surface area contributed by atoms with E-state index in [1.807, 2.05) is 13.8 Å². The van der Waals surface area contributed by atoms with Gasteiger partial charge in [-0.15, -0.1) is 0 Å². The zero-order chi connectivity index (χ0) is 19.7. The Labute approximate surface area is 153 Å². The normalized spacial score (nSPS) is 13.1. The molecule has 1 aromatic rings. The summed E-state index contributed by atoms with van der Waals surface area (Å²) in [4.78, 5) is 35.0. The molecule has 2 amide bonds. The minimum absolute atomic E-state index is 0.115. The maximum absolute atomic E-state index is 13.6. The third kappa shape index (κ3) is 7.63. The van der Waals surface area contributed by atoms with Crippen LogP contribution in [0.5, 0.6) is 0 Å². The number of halogens is 1. The lowest BCUT2D eigenvalue weighted by atomic mass is 10.00. The summed E-state index contributed by atoms with van der Waals surface area (Å²) >= 11 is 0. The Hall–Kier alpha value is -2.44. The third-order valence-corrected chi connectivity index (χ3v) is 4.02. The second kappa shape index (κ2) is 10.5. The summed E-state index contributed by atoms with van der Waals surface area (Å²) in [7, 11) is 0. The molecule has 0 radical (unpaired) electrons. The molecule has 26 heavy (non-hydrogen) atoms. The van der Waals surface area contributed by atoms with Gasteiger partial charge < -0.3 is 15.7 Å². The van der Waals surface area contributed by atoms with Crippen molar-refractivity contribution in [2.75, 3.05) is 6.54 Å². The van der Waals surface area contributed by atoms with Crippen molar-refractivity contribution < 1.29 is 23.9 Å². The van der Waals surface area contributed by atoms with Gasteiger partial charge in [-0.2, -0.15) is 0 Å². The van der Waals surface area contributed by atoms with Gasteiger partial charge in [-0.3, -0.25) is 9.59 Å². The summed E-state index contributed by atoms with van der Waals surface area (Å²) in [6.07, 6.45) is 1.18. The zero-order valence-corrected chi connectivity index (χ0v) is 15.4. The van der Waals surface area contributed by atoms with Crippen molar-refractivity contribution in [1.82, 2.24) is 10.6 Å². The Morgan fingerprint density at radius 2 is 1.81 bits per heavy atom. The first kappa shape index (κ1) is 21.6. The van der Waals surface area contributed by atoms with Crippen LogP contribution in [-0.4, -0.2) is 35.5 Å². The van der Waals surface area contributed by atoms with Crippen LogP contribution >= 0.6 is 0 Å². The van der Waals surface area contributed by atoms with Crippen LogP contribution in [0.1, 0.15) is 39.2 Å². The van der Waals surface area contributed by atoms with E-state index in [9.17, 15) is 18.8 Å². The summed E-state index contributed by atoms with van der Waals surface area (Å²) in [5, 5.41) is 14.0. The van der Waals surface area contributed by atoms with Crippen LogP contribution in [0.4, 0.5) is 4.39 Å². The van der Waals surface area contributed by atoms with E-state index in [0.29, 0.717) is 24.8 Å². The molecule has 1 rings (SSSR count). The monoisotopic (exact) mass is 366 g/mol. The van der Waals surface area contributed by atoms with Crippen molar-refractivity contribution in [3.8, 4) is 0 Å². The smallest absolute Gasteiger partial charge is 0.326 e. The molecule has 2 atom stereocenters. The van der Waals surface area contributed by atoms with Crippen molar-refractivity contribution in [2.45, 2.75) is 46.1 Å². The highest BCUT2D eigenvalue weighted by molar-refractivity contribution is 5.88. The predicted octanol–water partition coefficient (Wildman–Crippen LogP) is 2.13. The summed E-state index contributed by atoms with van der Waals surface area (Å²) in [5.41, 5.74) is 0.544. The second-order valence-electron chi connectivity index (χ2n) is 6.84. The number of hydrogen-bond donors (Lipinski definition) is 3. The number of aryl methyl sites for hydroxylation is 1. The first-order valence-electron chi connectivity index (χ1n) is 8.74. The second-order valence-corrected chi connectivity index (χ2v) is 6.84. The molecule has 3 N–H and O–H groups in total. The molecule has 6 nitrogen and oxygen atoms in total. The van der Waals surface area contributed by atoms with Crippen LogP contribution < -0.4 is 10.6 Å². The summed E-state index contributed by atoms with van der Waals surface area (Å²) in [5.74, 6) is -2.56. The number of benzene rings is 1. The Kier molecular flexibility index (Phi) is 8.75. The molecule has 0 aliphatic heterocycles. The third-order valence-electron chi connectivity index (χ3n) is 4.02. The number of aliphatic carboxylic acids is 1. The fraction of sp³-hybridized carbons (Fsp3) is 0.526. The van der Waals surface area contributed by atoms with E-state index >= 15 is 0 Å². The van der Waals surface area contributed by atoms with Crippen molar-refractivity contribution in [3.63, 3.8) is 0 Å². The van der Waals surface area contributed by atoms with Gasteiger partial charge in [0.05, 0.1) is 6.54 Å². The highest BCUT2D eigenvalue weighted by Crippen LogP contribution is 2.13. The van der Waals surface area contributed by atoms with Gasteiger partial charge in [0.1, 0.15) is 11.9 Å². The topological polar surface area (TPSA) is 95.5 Å². The number of amides is 2. The Bertz CT molecular complexity index is 634. The van der Waals surface area contributed by atoms with Crippen molar-refractivity contribution in [2.24, 2.45) is 11.8 Å². The van der Waals surface area contributed by atoms with Crippen LogP contribution in [0.15, 0.2) is 24.3 Å². The van der Waals surface area contributed by atoms with Crippen LogP contribution in [0, 0.1) is 17.7 Å². The lowest BCUT2D eigenvalue weighted by molar-refractivity contribution is -0.142.